The van der Waals surface area contributed by atoms with Crippen molar-refractivity contribution < 1.29 is 14.6 Å². The van der Waals surface area contributed by atoms with Crippen molar-refractivity contribution in [3.63, 3.8) is 0 Å². The van der Waals surface area contributed by atoms with Crippen LogP contribution in [0, 0.1) is 0 Å². The summed E-state index contributed by atoms with van der Waals surface area (Å²) in [6.07, 6.45) is 2.35. The smallest absolute Gasteiger partial charge is 0.410 e. The Balaban J connectivity index is 2.58. The van der Waals surface area contributed by atoms with Gasteiger partial charge in [0, 0.05) is 12.3 Å². The first-order chi connectivity index (χ1) is 6.66. The van der Waals surface area contributed by atoms with Gasteiger partial charge < -0.3 is 20.0 Å². The van der Waals surface area contributed by atoms with Crippen molar-refractivity contribution in [3.05, 3.63) is 30.6 Å². The molecule has 2 heterocycles. The third-order valence-corrected chi connectivity index (χ3v) is 1.79. The molecule has 2 rings (SSSR count). The lowest BCUT2D eigenvalue weighted by Gasteiger charge is -2.02. The van der Waals surface area contributed by atoms with Gasteiger partial charge in [0.15, 0.2) is 5.75 Å². The lowest BCUT2D eigenvalue weighted by atomic mass is 10.4. The Labute approximate surface area is 79.3 Å². The van der Waals surface area contributed by atoms with Gasteiger partial charge in [0.1, 0.15) is 5.75 Å². The number of carbonyl (C=O) groups excluding carboxylic acids is 1. The van der Waals surface area contributed by atoms with Gasteiger partial charge in [-0.2, -0.15) is 0 Å². The van der Waals surface area contributed by atoms with E-state index in [0.717, 1.165) is 0 Å². The summed E-state index contributed by atoms with van der Waals surface area (Å²) in [5, 5.41) is 9.22. The molecule has 0 aliphatic heterocycles. The Kier molecular flexibility index (Phi) is 1.78. The molecule has 0 saturated heterocycles. The molecule has 0 saturated carbocycles. The molecule has 0 aromatic carbocycles. The maximum Gasteiger partial charge on any atom is 0.410 e. The van der Waals surface area contributed by atoms with Gasteiger partial charge in [-0.05, 0) is 12.1 Å². The summed E-state index contributed by atoms with van der Waals surface area (Å²) in [7, 11) is 0. The molecule has 0 fully saturated rings. The number of rotatable bonds is 1. The van der Waals surface area contributed by atoms with Gasteiger partial charge >= 0.3 is 6.09 Å². The number of hydrogen-bond acceptors (Lipinski definition) is 3. The summed E-state index contributed by atoms with van der Waals surface area (Å²) < 4.78 is 6.38. The zero-order valence-corrected chi connectivity index (χ0v) is 7.18. The van der Waals surface area contributed by atoms with E-state index in [1.54, 1.807) is 22.7 Å². The van der Waals surface area contributed by atoms with E-state index in [1.807, 2.05) is 0 Å². The van der Waals surface area contributed by atoms with Crippen LogP contribution in [0.15, 0.2) is 30.6 Å². The number of nitrogens with two attached hydrogens (primary N) is 1. The Morgan fingerprint density at radius 2 is 2.36 bits per heavy atom. The van der Waals surface area contributed by atoms with Crippen LogP contribution in [0.5, 0.6) is 11.5 Å². The highest BCUT2D eigenvalue weighted by Gasteiger charge is 2.06. The van der Waals surface area contributed by atoms with Gasteiger partial charge in [-0.25, -0.2) is 4.79 Å². The third-order valence-electron chi connectivity index (χ3n) is 1.79. The minimum absolute atomic E-state index is 0.102. The summed E-state index contributed by atoms with van der Waals surface area (Å²) in [5.74, 6) is 0.422. The molecule has 0 bridgehead atoms. The number of carbonyl (C=O) groups is 1. The van der Waals surface area contributed by atoms with Crippen molar-refractivity contribution in [1.29, 1.82) is 0 Å². The average molecular weight is 192 g/mol. The van der Waals surface area contributed by atoms with Crippen molar-refractivity contribution >= 4 is 11.6 Å². The fourth-order valence-corrected chi connectivity index (χ4v) is 1.29. The quantitative estimate of drug-likeness (QED) is 0.710. The highest BCUT2D eigenvalue weighted by atomic mass is 16.5. The van der Waals surface area contributed by atoms with E-state index in [4.69, 9.17) is 10.5 Å². The molecule has 5 heteroatoms. The highest BCUT2D eigenvalue weighted by molar-refractivity contribution is 5.73. The summed E-state index contributed by atoms with van der Waals surface area (Å²) in [5.41, 5.74) is 5.48. The molecular weight excluding hydrogens is 184 g/mol. The van der Waals surface area contributed by atoms with Crippen molar-refractivity contribution in [2.45, 2.75) is 0 Å². The molecule has 1 amide bonds. The summed E-state index contributed by atoms with van der Waals surface area (Å²) >= 11 is 0. The maximum absolute atomic E-state index is 10.5. The zero-order valence-electron chi connectivity index (χ0n) is 7.18. The maximum atomic E-state index is 10.5. The fraction of sp³-hybridized carbons (Fsp3) is 0. The van der Waals surface area contributed by atoms with Gasteiger partial charge in [0.2, 0.25) is 0 Å². The first-order valence-corrected chi connectivity index (χ1v) is 3.94. The number of aromatic nitrogens is 1. The van der Waals surface area contributed by atoms with E-state index in [0.29, 0.717) is 11.3 Å². The van der Waals surface area contributed by atoms with Gasteiger partial charge in [0.05, 0.1) is 11.7 Å². The van der Waals surface area contributed by atoms with Gasteiger partial charge in [-0.3, -0.25) is 0 Å². The van der Waals surface area contributed by atoms with Crippen molar-refractivity contribution in [1.82, 2.24) is 4.40 Å². The number of ether oxygens (including phenoxy) is 1. The summed E-state index contributed by atoms with van der Waals surface area (Å²) in [6.45, 7) is 0. The normalized spacial score (nSPS) is 10.3. The number of fused-ring (bicyclic) bond motifs is 1. The number of aromatic hydroxyl groups is 1. The molecule has 0 spiro atoms. The minimum Gasteiger partial charge on any atom is -0.506 e. The molecule has 3 N–H and O–H groups in total. The van der Waals surface area contributed by atoms with Crippen LogP contribution in [-0.2, 0) is 0 Å². The molecule has 0 atom stereocenters. The second kappa shape index (κ2) is 2.95. The van der Waals surface area contributed by atoms with Crippen LogP contribution in [0.1, 0.15) is 0 Å². The number of primary amides is 1. The summed E-state index contributed by atoms with van der Waals surface area (Å²) in [6, 6.07) is 4.77. The zero-order chi connectivity index (χ0) is 10.1. The molecule has 0 aliphatic rings. The van der Waals surface area contributed by atoms with Crippen molar-refractivity contribution in [2.75, 3.05) is 0 Å². The van der Waals surface area contributed by atoms with E-state index >= 15 is 0 Å². The van der Waals surface area contributed by atoms with Crippen molar-refractivity contribution in [2.24, 2.45) is 5.73 Å². The average Bonchev–Trinajstić information content (AvgIpc) is 2.45. The van der Waals surface area contributed by atoms with E-state index < -0.39 is 6.09 Å². The molecule has 0 aliphatic carbocycles. The predicted molar refractivity (Wildman–Crippen MR) is 49.3 cm³/mol. The second-order valence-corrected chi connectivity index (χ2v) is 2.78. The summed E-state index contributed by atoms with van der Waals surface area (Å²) in [4.78, 5) is 10.5. The SMILES string of the molecule is NC(=O)Oc1cccn2cc(O)cc12. The Hall–Kier alpha value is -2.17. The monoisotopic (exact) mass is 192 g/mol. The Morgan fingerprint density at radius 3 is 3.07 bits per heavy atom. The molecule has 5 nitrogen and oxygen atoms in total. The van der Waals surface area contributed by atoms with Crippen LogP contribution in [0.3, 0.4) is 0 Å². The number of pyridine rings is 1. The standard InChI is InChI=1S/C9H8N2O3/c10-9(13)14-8-2-1-3-11-5-6(12)4-7(8)11/h1-5,12H,(H2,10,13). The van der Waals surface area contributed by atoms with Crippen LogP contribution < -0.4 is 10.5 Å². The van der Waals surface area contributed by atoms with E-state index in [1.165, 1.54) is 12.3 Å². The Morgan fingerprint density at radius 1 is 1.57 bits per heavy atom. The van der Waals surface area contributed by atoms with Crippen LogP contribution >= 0.6 is 0 Å². The Bertz CT molecular complexity index is 490. The van der Waals surface area contributed by atoms with Gasteiger partial charge in [-0.1, -0.05) is 0 Å². The number of nitrogens with zero attached hydrogens (tertiary/aromatic N) is 1. The number of hydrogen-bond donors (Lipinski definition) is 2. The topological polar surface area (TPSA) is 77.0 Å². The van der Waals surface area contributed by atoms with E-state index in [-0.39, 0.29) is 5.75 Å². The van der Waals surface area contributed by atoms with Crippen LogP contribution in [0.4, 0.5) is 4.79 Å². The van der Waals surface area contributed by atoms with Crippen LogP contribution in [0.2, 0.25) is 0 Å². The number of amides is 1. The minimum atomic E-state index is -0.876. The molecule has 0 radical (unpaired) electrons. The van der Waals surface area contributed by atoms with Gasteiger partial charge in [0.25, 0.3) is 0 Å². The first-order valence-electron chi connectivity index (χ1n) is 3.94. The third kappa shape index (κ3) is 1.35. The van der Waals surface area contributed by atoms with Crippen molar-refractivity contribution in [3.8, 4) is 11.5 Å². The van der Waals surface area contributed by atoms with Crippen LogP contribution in [-0.4, -0.2) is 15.6 Å². The van der Waals surface area contributed by atoms with Gasteiger partial charge in [-0.15, -0.1) is 0 Å². The van der Waals surface area contributed by atoms with E-state index in [9.17, 15) is 9.90 Å². The second-order valence-electron chi connectivity index (χ2n) is 2.78. The predicted octanol–water partition coefficient (Wildman–Crippen LogP) is 1.10. The molecular formula is C9H8N2O3. The molecule has 14 heavy (non-hydrogen) atoms. The fourth-order valence-electron chi connectivity index (χ4n) is 1.29. The molecule has 72 valence electrons. The molecule has 2 aromatic heterocycles. The van der Waals surface area contributed by atoms with E-state index in [2.05, 4.69) is 0 Å². The largest absolute Gasteiger partial charge is 0.506 e. The highest BCUT2D eigenvalue weighted by Crippen LogP contribution is 2.24. The lowest BCUT2D eigenvalue weighted by molar-refractivity contribution is 0.211. The first kappa shape index (κ1) is 8.43. The lowest BCUT2D eigenvalue weighted by Crippen LogP contribution is -2.16. The molecule has 2 aromatic rings. The van der Waals surface area contributed by atoms with Crippen LogP contribution in [0.25, 0.3) is 5.52 Å². The molecule has 0 unspecified atom stereocenters.